The number of ether oxygens (including phenoxy) is 3. The highest BCUT2D eigenvalue weighted by Crippen LogP contribution is 2.38. The van der Waals surface area contributed by atoms with E-state index in [-0.39, 0.29) is 29.8 Å². The number of methoxy groups -OCH3 is 2. The standard InChI is InChI=1S/C24H23ClN4O6/c1-4-34-13-18-26-22(30)20(23-28-27-19(35-23)12-14-8-10-15(25)11-9-14)24(31)29(18)21-16(32-2)6-5-7-17(21)33-3/h5-11,31H,4,12-13H2,1-3H3. The second-order valence-corrected chi connectivity index (χ2v) is 7.76. The van der Waals surface area contributed by atoms with Crippen molar-refractivity contribution < 1.29 is 23.7 Å². The molecule has 4 rings (SSSR count). The summed E-state index contributed by atoms with van der Waals surface area (Å²) in [5, 5.41) is 20.0. The van der Waals surface area contributed by atoms with Crippen molar-refractivity contribution in [1.29, 1.82) is 0 Å². The Bertz CT molecular complexity index is 1360. The Hall–Kier alpha value is -3.89. The van der Waals surface area contributed by atoms with Crippen LogP contribution in [0.25, 0.3) is 17.1 Å². The molecule has 0 fully saturated rings. The minimum Gasteiger partial charge on any atom is -0.494 e. The minimum atomic E-state index is -0.746. The van der Waals surface area contributed by atoms with E-state index in [9.17, 15) is 9.90 Å². The Morgan fingerprint density at radius 1 is 1.06 bits per heavy atom. The number of benzene rings is 2. The fraction of sp³-hybridized carbons (Fsp3) is 0.250. The second-order valence-electron chi connectivity index (χ2n) is 7.32. The number of hydrogen-bond donors (Lipinski definition) is 1. The zero-order chi connectivity index (χ0) is 24.9. The summed E-state index contributed by atoms with van der Waals surface area (Å²) >= 11 is 5.94. The van der Waals surface area contributed by atoms with Gasteiger partial charge in [-0.3, -0.25) is 9.36 Å². The van der Waals surface area contributed by atoms with Crippen LogP contribution >= 0.6 is 11.6 Å². The fourth-order valence-corrected chi connectivity index (χ4v) is 3.65. The monoisotopic (exact) mass is 498 g/mol. The Morgan fingerprint density at radius 2 is 1.74 bits per heavy atom. The summed E-state index contributed by atoms with van der Waals surface area (Å²) in [5.41, 5.74) is 0.214. The molecule has 0 radical (unpaired) electrons. The van der Waals surface area contributed by atoms with E-state index in [0.717, 1.165) is 5.56 Å². The Balaban J connectivity index is 1.86. The third kappa shape index (κ3) is 4.98. The quantitative estimate of drug-likeness (QED) is 0.367. The van der Waals surface area contributed by atoms with E-state index in [4.69, 9.17) is 30.2 Å². The number of hydrogen-bond acceptors (Lipinski definition) is 9. The summed E-state index contributed by atoms with van der Waals surface area (Å²) in [7, 11) is 2.96. The van der Waals surface area contributed by atoms with Gasteiger partial charge in [-0.1, -0.05) is 29.8 Å². The molecule has 0 atom stereocenters. The maximum atomic E-state index is 13.0. The Morgan fingerprint density at radius 3 is 2.37 bits per heavy atom. The molecule has 0 saturated heterocycles. The lowest BCUT2D eigenvalue weighted by molar-refractivity contribution is 0.125. The first kappa shape index (κ1) is 24.2. The van der Waals surface area contributed by atoms with Crippen molar-refractivity contribution in [2.75, 3.05) is 20.8 Å². The summed E-state index contributed by atoms with van der Waals surface area (Å²) in [6.07, 6.45) is 0.315. The van der Waals surface area contributed by atoms with Crippen LogP contribution in [0.2, 0.25) is 5.02 Å². The molecular weight excluding hydrogens is 476 g/mol. The van der Waals surface area contributed by atoms with Crippen molar-refractivity contribution in [3.63, 3.8) is 0 Å². The topological polar surface area (TPSA) is 122 Å². The van der Waals surface area contributed by atoms with E-state index in [2.05, 4.69) is 15.2 Å². The van der Waals surface area contributed by atoms with Crippen LogP contribution in [0.5, 0.6) is 17.4 Å². The number of para-hydroxylation sites is 1. The first-order valence-electron chi connectivity index (χ1n) is 10.7. The van der Waals surface area contributed by atoms with Crippen LogP contribution in [0.4, 0.5) is 0 Å². The van der Waals surface area contributed by atoms with Gasteiger partial charge in [0.2, 0.25) is 11.8 Å². The van der Waals surface area contributed by atoms with Crippen LogP contribution in [-0.2, 0) is 17.8 Å². The summed E-state index contributed by atoms with van der Waals surface area (Å²) in [6.45, 7) is 2.13. The molecule has 0 unspecified atom stereocenters. The molecule has 182 valence electrons. The number of nitrogens with zero attached hydrogens (tertiary/aromatic N) is 4. The largest absolute Gasteiger partial charge is 0.494 e. The Kier molecular flexibility index (Phi) is 7.33. The van der Waals surface area contributed by atoms with Gasteiger partial charge in [-0.2, -0.15) is 4.98 Å². The zero-order valence-corrected chi connectivity index (χ0v) is 20.1. The van der Waals surface area contributed by atoms with Crippen LogP contribution < -0.4 is 15.0 Å². The highest BCUT2D eigenvalue weighted by molar-refractivity contribution is 6.30. The van der Waals surface area contributed by atoms with Gasteiger partial charge >= 0.3 is 0 Å². The van der Waals surface area contributed by atoms with Crippen molar-refractivity contribution >= 4 is 11.6 Å². The van der Waals surface area contributed by atoms with Crippen LogP contribution in [-0.4, -0.2) is 45.7 Å². The van der Waals surface area contributed by atoms with E-state index in [1.54, 1.807) is 37.3 Å². The molecule has 0 aliphatic heterocycles. The molecule has 11 heteroatoms. The van der Waals surface area contributed by atoms with Gasteiger partial charge < -0.3 is 23.7 Å². The van der Waals surface area contributed by atoms with Gasteiger partial charge in [0, 0.05) is 11.6 Å². The molecule has 1 N–H and O–H groups in total. The Labute approximate surface area is 205 Å². The molecule has 0 aliphatic carbocycles. The average Bonchev–Trinajstić information content (AvgIpc) is 3.31. The molecular formula is C24H23ClN4O6. The van der Waals surface area contributed by atoms with Gasteiger partial charge in [-0.15, -0.1) is 10.2 Å². The smallest absolute Gasteiger partial charge is 0.289 e. The highest BCUT2D eigenvalue weighted by Gasteiger charge is 2.27. The maximum absolute atomic E-state index is 13.0. The lowest BCUT2D eigenvalue weighted by Crippen LogP contribution is -2.21. The maximum Gasteiger partial charge on any atom is 0.289 e. The van der Waals surface area contributed by atoms with Crippen molar-refractivity contribution in [2.45, 2.75) is 20.0 Å². The summed E-state index contributed by atoms with van der Waals surface area (Å²) in [4.78, 5) is 17.1. The van der Waals surface area contributed by atoms with Crippen LogP contribution in [0.15, 0.2) is 51.7 Å². The predicted molar refractivity (Wildman–Crippen MR) is 127 cm³/mol. The summed E-state index contributed by atoms with van der Waals surface area (Å²) in [5.74, 6) is 0.506. The molecule has 0 spiro atoms. The molecule has 35 heavy (non-hydrogen) atoms. The number of aromatic hydroxyl groups is 1. The van der Waals surface area contributed by atoms with E-state index < -0.39 is 11.4 Å². The predicted octanol–water partition coefficient (Wildman–Crippen LogP) is 3.79. The van der Waals surface area contributed by atoms with E-state index in [1.165, 1.54) is 18.8 Å². The van der Waals surface area contributed by atoms with Gasteiger partial charge in [-0.05, 0) is 36.8 Å². The van der Waals surface area contributed by atoms with Gasteiger partial charge in [-0.25, -0.2) is 0 Å². The highest BCUT2D eigenvalue weighted by atomic mass is 35.5. The molecule has 0 bridgehead atoms. The van der Waals surface area contributed by atoms with Crippen molar-refractivity contribution in [3.05, 3.63) is 75.1 Å². The van der Waals surface area contributed by atoms with E-state index in [0.29, 0.717) is 35.2 Å². The third-order valence-electron chi connectivity index (χ3n) is 5.15. The van der Waals surface area contributed by atoms with Crippen molar-refractivity contribution in [3.8, 4) is 34.5 Å². The molecule has 2 heterocycles. The fourth-order valence-electron chi connectivity index (χ4n) is 3.52. The second kappa shape index (κ2) is 10.6. The van der Waals surface area contributed by atoms with Gasteiger partial charge in [0.25, 0.3) is 11.4 Å². The zero-order valence-electron chi connectivity index (χ0n) is 19.3. The number of aromatic nitrogens is 4. The van der Waals surface area contributed by atoms with Gasteiger partial charge in [0.05, 0.1) is 20.6 Å². The molecule has 2 aromatic heterocycles. The molecule has 2 aromatic carbocycles. The van der Waals surface area contributed by atoms with Gasteiger partial charge in [0.1, 0.15) is 29.6 Å². The van der Waals surface area contributed by atoms with E-state index in [1.807, 2.05) is 12.1 Å². The molecule has 0 amide bonds. The SMILES string of the molecule is CCOCc1nc(=O)c(-c2nnc(Cc3ccc(Cl)cc3)o2)c(O)n1-c1c(OC)cccc1OC. The third-order valence-corrected chi connectivity index (χ3v) is 5.40. The van der Waals surface area contributed by atoms with Crippen LogP contribution in [0.1, 0.15) is 24.2 Å². The minimum absolute atomic E-state index is 0.0492. The van der Waals surface area contributed by atoms with Gasteiger partial charge in [0.15, 0.2) is 5.56 Å². The molecule has 0 aliphatic rings. The van der Waals surface area contributed by atoms with Crippen molar-refractivity contribution in [2.24, 2.45) is 0 Å². The average molecular weight is 499 g/mol. The first-order valence-corrected chi connectivity index (χ1v) is 11.1. The lowest BCUT2D eigenvalue weighted by atomic mass is 10.1. The van der Waals surface area contributed by atoms with Crippen LogP contribution in [0, 0.1) is 0 Å². The van der Waals surface area contributed by atoms with Crippen LogP contribution in [0.3, 0.4) is 0 Å². The van der Waals surface area contributed by atoms with E-state index >= 15 is 0 Å². The summed E-state index contributed by atoms with van der Waals surface area (Å²) < 4.78 is 23.5. The molecule has 0 saturated carbocycles. The molecule has 4 aromatic rings. The molecule has 10 nitrogen and oxygen atoms in total. The lowest BCUT2D eigenvalue weighted by Gasteiger charge is -2.20. The van der Waals surface area contributed by atoms with Crippen molar-refractivity contribution in [1.82, 2.24) is 19.7 Å². The first-order chi connectivity index (χ1) is 17.0. The summed E-state index contributed by atoms with van der Waals surface area (Å²) in [6, 6.07) is 12.3. The number of halogens is 1. The normalized spacial score (nSPS) is 11.0. The number of rotatable bonds is 9.